The van der Waals surface area contributed by atoms with E-state index in [0.717, 1.165) is 0 Å². The molecule has 2 N–H and O–H groups in total. The van der Waals surface area contributed by atoms with Gasteiger partial charge in [-0.3, -0.25) is 9.59 Å². The van der Waals surface area contributed by atoms with Gasteiger partial charge in [0.2, 0.25) is 40.7 Å². The van der Waals surface area contributed by atoms with Gasteiger partial charge in [0.1, 0.15) is 0 Å². The van der Waals surface area contributed by atoms with E-state index < -0.39 is 47.2 Å². The summed E-state index contributed by atoms with van der Waals surface area (Å²) in [6.07, 6.45) is -0.0743. The number of esters is 1. The molecule has 0 aliphatic heterocycles. The van der Waals surface area contributed by atoms with Crippen LogP contribution >= 0.6 is 0 Å². The van der Waals surface area contributed by atoms with Crippen LogP contribution in [0.4, 0.5) is 22.0 Å². The highest BCUT2D eigenvalue weighted by molar-refractivity contribution is 5.75. The van der Waals surface area contributed by atoms with E-state index in [1.165, 1.54) is 0 Å². The van der Waals surface area contributed by atoms with Gasteiger partial charge in [-0.2, -0.15) is 8.78 Å². The van der Waals surface area contributed by atoms with E-state index in [0.29, 0.717) is 6.42 Å². The Bertz CT molecular complexity index is 627. The van der Waals surface area contributed by atoms with E-state index in [2.05, 4.69) is 10.1 Å². The zero-order chi connectivity index (χ0) is 19.7. The van der Waals surface area contributed by atoms with Gasteiger partial charge < -0.3 is 19.9 Å². The number of carbonyl (C=O) groups excluding carboxylic acids is 2. The van der Waals surface area contributed by atoms with E-state index in [9.17, 15) is 31.5 Å². The molecule has 0 saturated heterocycles. The molecule has 0 atom stereocenters. The van der Waals surface area contributed by atoms with Gasteiger partial charge in [-0.25, -0.2) is 13.2 Å². The van der Waals surface area contributed by atoms with Crippen LogP contribution < -0.4 is 10.1 Å². The second-order valence-electron chi connectivity index (χ2n) is 4.91. The Morgan fingerprint density at radius 1 is 0.885 bits per heavy atom. The third-order valence-electron chi connectivity index (χ3n) is 2.96. The second kappa shape index (κ2) is 10.7. The van der Waals surface area contributed by atoms with E-state index in [1.54, 1.807) is 0 Å². The first kappa shape index (κ1) is 21.8. The Morgan fingerprint density at radius 3 is 2.04 bits per heavy atom. The molecule has 146 valence electrons. The summed E-state index contributed by atoms with van der Waals surface area (Å²) in [5.74, 6) is -14.5. The number of hydrogen-bond donors (Lipinski definition) is 2. The predicted octanol–water partition coefficient (Wildman–Crippen LogP) is 1.58. The molecule has 0 fully saturated rings. The van der Waals surface area contributed by atoms with Crippen molar-refractivity contribution in [3.05, 3.63) is 29.1 Å². The number of aliphatic hydroxyl groups excluding tert-OH is 1. The molecular weight excluding hydrogens is 369 g/mol. The number of nitrogens with one attached hydrogen (secondary N) is 1. The Balaban J connectivity index is 2.37. The van der Waals surface area contributed by atoms with Crippen LogP contribution in [0.15, 0.2) is 0 Å². The average molecular weight is 385 g/mol. The maximum atomic E-state index is 13.3. The van der Waals surface area contributed by atoms with Crippen molar-refractivity contribution in [2.24, 2.45) is 0 Å². The molecule has 1 aromatic rings. The summed E-state index contributed by atoms with van der Waals surface area (Å²) in [4.78, 5) is 22.6. The molecule has 0 aliphatic carbocycles. The van der Waals surface area contributed by atoms with Crippen molar-refractivity contribution in [2.45, 2.75) is 19.3 Å². The molecule has 0 unspecified atom stereocenters. The number of amides is 1. The first-order valence-electron chi connectivity index (χ1n) is 7.47. The number of ether oxygens (including phenoxy) is 2. The molecule has 0 aromatic heterocycles. The first-order valence-corrected chi connectivity index (χ1v) is 7.47. The number of rotatable bonds is 10. The summed E-state index contributed by atoms with van der Waals surface area (Å²) >= 11 is 0. The summed E-state index contributed by atoms with van der Waals surface area (Å²) < 4.78 is 74.6. The summed E-state index contributed by atoms with van der Waals surface area (Å²) in [7, 11) is 0. The summed E-state index contributed by atoms with van der Waals surface area (Å²) in [6.45, 7) is -0.217. The zero-order valence-corrected chi connectivity index (χ0v) is 13.4. The third kappa shape index (κ3) is 6.23. The number of benzene rings is 1. The molecule has 0 aliphatic rings. The summed E-state index contributed by atoms with van der Waals surface area (Å²) in [5, 5.41) is 10.9. The molecule has 0 heterocycles. The van der Waals surface area contributed by atoms with Crippen LogP contribution in [0, 0.1) is 29.1 Å². The molecule has 26 heavy (non-hydrogen) atoms. The van der Waals surface area contributed by atoms with Crippen LogP contribution in [0.25, 0.3) is 0 Å². The van der Waals surface area contributed by atoms with Gasteiger partial charge in [0, 0.05) is 19.6 Å². The number of halogens is 5. The quantitative estimate of drug-likeness (QED) is 0.160. The summed E-state index contributed by atoms with van der Waals surface area (Å²) in [6, 6.07) is 0. The van der Waals surface area contributed by atoms with Crippen molar-refractivity contribution in [3.63, 3.8) is 0 Å². The number of hydrogen-bond acceptors (Lipinski definition) is 5. The van der Waals surface area contributed by atoms with Crippen molar-refractivity contribution in [1.29, 1.82) is 0 Å². The first-order chi connectivity index (χ1) is 12.3. The Morgan fingerprint density at radius 2 is 1.46 bits per heavy atom. The smallest absolute Gasteiger partial charge is 0.313 e. The van der Waals surface area contributed by atoms with E-state index in [4.69, 9.17) is 9.84 Å². The standard InChI is InChI=1S/C15H16F5NO5/c16-10-11(17)13(19)15(14(20)12(10)18)26-9(24)3-7-25-6-1-2-8(23)21-4-5-22/h22H,1-7H2,(H,21,23). The fraction of sp³-hybridized carbons (Fsp3) is 0.467. The highest BCUT2D eigenvalue weighted by atomic mass is 19.2. The minimum Gasteiger partial charge on any atom is -0.420 e. The lowest BCUT2D eigenvalue weighted by atomic mass is 10.2. The molecule has 0 bridgehead atoms. The molecule has 1 aromatic carbocycles. The molecule has 0 saturated carbocycles. The highest BCUT2D eigenvalue weighted by Crippen LogP contribution is 2.29. The molecule has 1 rings (SSSR count). The maximum Gasteiger partial charge on any atom is 0.313 e. The van der Waals surface area contributed by atoms with Crippen LogP contribution in [0.5, 0.6) is 5.75 Å². The Hall–Kier alpha value is -2.27. The molecule has 0 spiro atoms. The van der Waals surface area contributed by atoms with Gasteiger partial charge in [0.05, 0.1) is 19.6 Å². The largest absolute Gasteiger partial charge is 0.420 e. The fourth-order valence-electron chi connectivity index (χ4n) is 1.72. The molecule has 11 heteroatoms. The topological polar surface area (TPSA) is 84.9 Å². The molecular formula is C15H16F5NO5. The third-order valence-corrected chi connectivity index (χ3v) is 2.96. The van der Waals surface area contributed by atoms with Gasteiger partial charge in [-0.05, 0) is 6.42 Å². The molecule has 0 radical (unpaired) electrons. The Labute approximate surface area is 144 Å². The van der Waals surface area contributed by atoms with Crippen LogP contribution in [0.2, 0.25) is 0 Å². The fourth-order valence-corrected chi connectivity index (χ4v) is 1.72. The van der Waals surface area contributed by atoms with Gasteiger partial charge in [0.15, 0.2) is 0 Å². The number of aliphatic hydroxyl groups is 1. The van der Waals surface area contributed by atoms with E-state index in [-0.39, 0.29) is 38.7 Å². The van der Waals surface area contributed by atoms with E-state index in [1.807, 2.05) is 0 Å². The molecule has 1 amide bonds. The van der Waals surface area contributed by atoms with Gasteiger partial charge in [0.25, 0.3) is 0 Å². The Kier molecular flexibility index (Phi) is 8.93. The van der Waals surface area contributed by atoms with E-state index >= 15 is 0 Å². The van der Waals surface area contributed by atoms with Crippen LogP contribution in [0.3, 0.4) is 0 Å². The van der Waals surface area contributed by atoms with Gasteiger partial charge in [-0.15, -0.1) is 0 Å². The maximum absolute atomic E-state index is 13.3. The zero-order valence-electron chi connectivity index (χ0n) is 13.4. The summed E-state index contributed by atoms with van der Waals surface area (Å²) in [5.41, 5.74) is 0. The second-order valence-corrected chi connectivity index (χ2v) is 4.91. The highest BCUT2D eigenvalue weighted by Gasteiger charge is 2.28. The van der Waals surface area contributed by atoms with Gasteiger partial charge >= 0.3 is 5.97 Å². The van der Waals surface area contributed by atoms with Crippen LogP contribution in [-0.4, -0.2) is 43.3 Å². The van der Waals surface area contributed by atoms with Crippen molar-refractivity contribution >= 4 is 11.9 Å². The van der Waals surface area contributed by atoms with Crippen molar-refractivity contribution in [2.75, 3.05) is 26.4 Å². The normalized spacial score (nSPS) is 10.7. The lowest BCUT2D eigenvalue weighted by molar-refractivity contribution is -0.136. The average Bonchev–Trinajstić information content (AvgIpc) is 2.63. The predicted molar refractivity (Wildman–Crippen MR) is 76.6 cm³/mol. The lowest BCUT2D eigenvalue weighted by Gasteiger charge is -2.09. The monoisotopic (exact) mass is 385 g/mol. The van der Waals surface area contributed by atoms with Gasteiger partial charge in [-0.1, -0.05) is 0 Å². The SMILES string of the molecule is O=C(CCCOCCC(=O)Oc1c(F)c(F)c(F)c(F)c1F)NCCO. The lowest BCUT2D eigenvalue weighted by Crippen LogP contribution is -2.26. The van der Waals surface area contributed by atoms with Crippen LogP contribution in [0.1, 0.15) is 19.3 Å². The minimum atomic E-state index is -2.36. The minimum absolute atomic E-state index is 0.0857. The van der Waals surface area contributed by atoms with Crippen molar-refractivity contribution < 1.29 is 46.1 Å². The number of carbonyl (C=O) groups is 2. The molecule has 6 nitrogen and oxygen atoms in total. The van der Waals surface area contributed by atoms with Crippen molar-refractivity contribution in [3.8, 4) is 5.75 Å². The van der Waals surface area contributed by atoms with Crippen molar-refractivity contribution in [1.82, 2.24) is 5.32 Å². The van der Waals surface area contributed by atoms with Crippen LogP contribution in [-0.2, 0) is 14.3 Å².